The number of hydrogen-bond acceptors (Lipinski definition) is 6. The Bertz CT molecular complexity index is 455. The summed E-state index contributed by atoms with van der Waals surface area (Å²) in [7, 11) is 0. The van der Waals surface area contributed by atoms with Crippen molar-refractivity contribution < 1.29 is 8.94 Å². The Morgan fingerprint density at radius 1 is 1.12 bits per heavy atom. The lowest BCUT2D eigenvalue weighted by Gasteiger charge is -1.96. The van der Waals surface area contributed by atoms with Crippen molar-refractivity contribution >= 4 is 0 Å². The second kappa shape index (κ2) is 4.44. The van der Waals surface area contributed by atoms with Crippen molar-refractivity contribution in [3.63, 3.8) is 0 Å². The van der Waals surface area contributed by atoms with Crippen molar-refractivity contribution in [3.05, 3.63) is 29.1 Å². The zero-order chi connectivity index (χ0) is 11.5. The van der Waals surface area contributed by atoms with Crippen molar-refractivity contribution in [1.82, 2.24) is 20.4 Å². The molecule has 0 amide bonds. The first kappa shape index (κ1) is 10.8. The number of oxazole rings is 1. The lowest BCUT2D eigenvalue weighted by molar-refractivity contribution is 0.383. The number of aromatic nitrogens is 3. The zero-order valence-electron chi connectivity index (χ0n) is 9.57. The Hall–Kier alpha value is -1.69. The largest absolute Gasteiger partial charge is 0.444 e. The molecule has 0 atom stereocenters. The average Bonchev–Trinajstić information content (AvgIpc) is 2.75. The third kappa shape index (κ3) is 2.46. The second-order valence-electron chi connectivity index (χ2n) is 3.58. The van der Waals surface area contributed by atoms with Crippen LogP contribution in [-0.2, 0) is 13.1 Å². The van der Waals surface area contributed by atoms with E-state index >= 15 is 0 Å². The number of nitrogens with zero attached hydrogens (tertiary/aromatic N) is 3. The third-order valence-corrected chi connectivity index (χ3v) is 2.20. The van der Waals surface area contributed by atoms with Gasteiger partial charge in [-0.25, -0.2) is 4.98 Å². The molecule has 0 aromatic carbocycles. The van der Waals surface area contributed by atoms with E-state index in [9.17, 15) is 0 Å². The van der Waals surface area contributed by atoms with E-state index in [0.29, 0.717) is 30.7 Å². The number of rotatable bonds is 4. The quantitative estimate of drug-likeness (QED) is 0.839. The molecule has 0 unspecified atom stereocenters. The first-order valence-electron chi connectivity index (χ1n) is 5.08. The summed E-state index contributed by atoms with van der Waals surface area (Å²) in [5, 5.41) is 6.90. The summed E-state index contributed by atoms with van der Waals surface area (Å²) in [4.78, 5) is 8.33. The van der Waals surface area contributed by atoms with Crippen LogP contribution in [0.5, 0.6) is 0 Å². The number of nitrogens with one attached hydrogen (secondary N) is 1. The molecule has 6 nitrogen and oxygen atoms in total. The van der Waals surface area contributed by atoms with Gasteiger partial charge in [-0.15, -0.1) is 0 Å². The maximum Gasteiger partial charge on any atom is 0.223 e. The van der Waals surface area contributed by atoms with E-state index in [0.717, 1.165) is 11.5 Å². The lowest BCUT2D eigenvalue weighted by atomic mass is 10.4. The van der Waals surface area contributed by atoms with Crippen LogP contribution < -0.4 is 5.32 Å². The minimum Gasteiger partial charge on any atom is -0.444 e. The Kier molecular flexibility index (Phi) is 3.00. The highest BCUT2D eigenvalue weighted by Crippen LogP contribution is 2.07. The first-order valence-corrected chi connectivity index (χ1v) is 5.08. The van der Waals surface area contributed by atoms with Gasteiger partial charge in [-0.05, 0) is 13.8 Å². The highest BCUT2D eigenvalue weighted by molar-refractivity contribution is 5.05. The molecular formula is C10H14N4O2. The van der Waals surface area contributed by atoms with Gasteiger partial charge in [0.1, 0.15) is 5.76 Å². The first-order chi connectivity index (χ1) is 7.65. The van der Waals surface area contributed by atoms with Gasteiger partial charge in [-0.3, -0.25) is 0 Å². The van der Waals surface area contributed by atoms with Crippen LogP contribution in [0.4, 0.5) is 0 Å². The van der Waals surface area contributed by atoms with Crippen LogP contribution in [0.25, 0.3) is 0 Å². The van der Waals surface area contributed by atoms with Gasteiger partial charge in [0.05, 0.1) is 18.8 Å². The molecular weight excluding hydrogens is 208 g/mol. The maximum absolute atomic E-state index is 5.42. The molecule has 1 N–H and O–H groups in total. The topological polar surface area (TPSA) is 77.0 Å². The average molecular weight is 222 g/mol. The van der Waals surface area contributed by atoms with Gasteiger partial charge in [0.2, 0.25) is 11.8 Å². The minimum atomic E-state index is 0.539. The van der Waals surface area contributed by atoms with Crippen LogP contribution in [0, 0.1) is 20.8 Å². The van der Waals surface area contributed by atoms with E-state index < -0.39 is 0 Å². The smallest absolute Gasteiger partial charge is 0.223 e. The van der Waals surface area contributed by atoms with Crippen molar-refractivity contribution in [3.8, 4) is 0 Å². The van der Waals surface area contributed by atoms with Crippen molar-refractivity contribution in [2.45, 2.75) is 33.9 Å². The van der Waals surface area contributed by atoms with Crippen LogP contribution in [-0.4, -0.2) is 15.1 Å². The highest BCUT2D eigenvalue weighted by Gasteiger charge is 2.06. The van der Waals surface area contributed by atoms with Crippen molar-refractivity contribution in [2.75, 3.05) is 0 Å². The van der Waals surface area contributed by atoms with Gasteiger partial charge in [0, 0.05) is 6.92 Å². The van der Waals surface area contributed by atoms with Crippen LogP contribution in [0.15, 0.2) is 8.94 Å². The highest BCUT2D eigenvalue weighted by atomic mass is 16.5. The van der Waals surface area contributed by atoms with Gasteiger partial charge in [-0.1, -0.05) is 5.16 Å². The van der Waals surface area contributed by atoms with Gasteiger partial charge >= 0.3 is 0 Å². The Morgan fingerprint density at radius 3 is 2.50 bits per heavy atom. The molecule has 0 radical (unpaired) electrons. The lowest BCUT2D eigenvalue weighted by Crippen LogP contribution is -2.13. The Labute approximate surface area is 93.1 Å². The Morgan fingerprint density at radius 2 is 1.94 bits per heavy atom. The number of hydrogen-bond donors (Lipinski definition) is 1. The SMILES string of the molecule is Cc1nc(CNCc2nc(C)c(C)o2)no1. The molecule has 0 spiro atoms. The molecule has 2 rings (SSSR count). The van der Waals surface area contributed by atoms with Gasteiger partial charge in [-0.2, -0.15) is 4.98 Å². The van der Waals surface area contributed by atoms with Crippen LogP contribution in [0.3, 0.4) is 0 Å². The summed E-state index contributed by atoms with van der Waals surface area (Å²) in [6.45, 7) is 6.68. The number of aryl methyl sites for hydroxylation is 3. The fourth-order valence-electron chi connectivity index (χ4n) is 1.31. The van der Waals surface area contributed by atoms with Crippen LogP contribution in [0.2, 0.25) is 0 Å². The van der Waals surface area contributed by atoms with E-state index in [1.54, 1.807) is 6.92 Å². The molecule has 0 bridgehead atoms. The predicted molar refractivity (Wildman–Crippen MR) is 55.6 cm³/mol. The second-order valence-corrected chi connectivity index (χ2v) is 3.58. The minimum absolute atomic E-state index is 0.539. The molecule has 2 heterocycles. The molecule has 0 fully saturated rings. The van der Waals surface area contributed by atoms with E-state index in [-0.39, 0.29) is 0 Å². The molecule has 0 aliphatic rings. The molecule has 0 aliphatic heterocycles. The molecule has 0 aliphatic carbocycles. The molecule has 16 heavy (non-hydrogen) atoms. The third-order valence-electron chi connectivity index (χ3n) is 2.20. The van der Waals surface area contributed by atoms with E-state index in [1.165, 1.54) is 0 Å². The summed E-state index contributed by atoms with van der Waals surface area (Å²) < 4.78 is 10.3. The molecule has 2 aromatic rings. The fourth-order valence-corrected chi connectivity index (χ4v) is 1.31. The molecule has 2 aromatic heterocycles. The molecule has 6 heteroatoms. The Balaban J connectivity index is 1.84. The maximum atomic E-state index is 5.42. The van der Waals surface area contributed by atoms with Crippen LogP contribution in [0.1, 0.15) is 29.1 Å². The summed E-state index contributed by atoms with van der Waals surface area (Å²) in [5.74, 6) is 2.74. The van der Waals surface area contributed by atoms with Crippen LogP contribution >= 0.6 is 0 Å². The summed E-state index contributed by atoms with van der Waals surface area (Å²) in [6.07, 6.45) is 0. The van der Waals surface area contributed by atoms with Crippen molar-refractivity contribution in [1.29, 1.82) is 0 Å². The van der Waals surface area contributed by atoms with Crippen molar-refractivity contribution in [2.24, 2.45) is 0 Å². The monoisotopic (exact) mass is 222 g/mol. The molecule has 0 saturated heterocycles. The van der Waals surface area contributed by atoms with E-state index in [1.807, 2.05) is 13.8 Å². The van der Waals surface area contributed by atoms with E-state index in [4.69, 9.17) is 8.94 Å². The summed E-state index contributed by atoms with van der Waals surface area (Å²) in [6, 6.07) is 0. The standard InChI is InChI=1S/C10H14N4O2/c1-6-7(2)15-10(12-6)5-11-4-9-13-8(3)16-14-9/h11H,4-5H2,1-3H3. The molecule has 0 saturated carbocycles. The van der Waals surface area contributed by atoms with Gasteiger partial charge in [0.25, 0.3) is 0 Å². The summed E-state index contributed by atoms with van der Waals surface area (Å²) in [5.41, 5.74) is 0.923. The van der Waals surface area contributed by atoms with E-state index in [2.05, 4.69) is 20.4 Å². The normalized spacial score (nSPS) is 10.9. The molecule has 86 valence electrons. The van der Waals surface area contributed by atoms with Gasteiger partial charge < -0.3 is 14.3 Å². The summed E-state index contributed by atoms with van der Waals surface area (Å²) >= 11 is 0. The van der Waals surface area contributed by atoms with Gasteiger partial charge in [0.15, 0.2) is 5.82 Å². The predicted octanol–water partition coefficient (Wildman–Crippen LogP) is 1.27. The zero-order valence-corrected chi connectivity index (χ0v) is 9.57. The fraction of sp³-hybridized carbons (Fsp3) is 0.500.